The Hall–Kier alpha value is -3.16. The van der Waals surface area contributed by atoms with Gasteiger partial charge in [-0.1, -0.05) is 6.92 Å². The summed E-state index contributed by atoms with van der Waals surface area (Å²) in [5.74, 6) is 1.73. The number of ether oxygens (including phenoxy) is 1. The number of hydrogen-bond donors (Lipinski definition) is 1. The van der Waals surface area contributed by atoms with Crippen LogP contribution in [0.2, 0.25) is 0 Å². The van der Waals surface area contributed by atoms with Crippen LogP contribution in [0.3, 0.4) is 0 Å². The summed E-state index contributed by atoms with van der Waals surface area (Å²) in [6.07, 6.45) is 2.52. The zero-order chi connectivity index (χ0) is 17.5. The zero-order valence-corrected chi connectivity index (χ0v) is 13.9. The molecule has 3 aromatic rings. The molecule has 0 fully saturated rings. The number of rotatable bonds is 8. The number of nitrogens with one attached hydrogen (secondary N) is 1. The van der Waals surface area contributed by atoms with Crippen molar-refractivity contribution in [2.45, 2.75) is 26.4 Å². The molecule has 0 aliphatic heterocycles. The van der Waals surface area contributed by atoms with Crippen molar-refractivity contribution in [1.29, 1.82) is 0 Å². The largest absolute Gasteiger partial charge is 0.494 e. The van der Waals surface area contributed by atoms with E-state index in [2.05, 4.69) is 27.7 Å². The molecule has 8 nitrogen and oxygen atoms in total. The van der Waals surface area contributed by atoms with Crippen molar-refractivity contribution in [2.24, 2.45) is 0 Å². The molecule has 1 amide bonds. The fraction of sp³-hybridized carbons (Fsp3) is 0.294. The van der Waals surface area contributed by atoms with Gasteiger partial charge in [-0.3, -0.25) is 4.79 Å². The van der Waals surface area contributed by atoms with Crippen molar-refractivity contribution in [1.82, 2.24) is 25.5 Å². The van der Waals surface area contributed by atoms with E-state index < -0.39 is 0 Å². The molecule has 3 rings (SSSR count). The first-order chi connectivity index (χ1) is 12.2. The number of furan rings is 1. The van der Waals surface area contributed by atoms with Crippen molar-refractivity contribution >= 4 is 5.91 Å². The van der Waals surface area contributed by atoms with Gasteiger partial charge in [0.25, 0.3) is 0 Å². The Balaban J connectivity index is 1.55. The predicted molar refractivity (Wildman–Crippen MR) is 89.6 cm³/mol. The van der Waals surface area contributed by atoms with Crippen molar-refractivity contribution in [3.05, 3.63) is 48.4 Å². The molecule has 0 aliphatic carbocycles. The number of hydrogen-bond acceptors (Lipinski definition) is 6. The molecule has 1 aromatic carbocycles. The standard InChI is InChI=1S/C17H19N5O3/c1-2-9-24-14-7-5-13(6-8-14)17-19-21-22(20-17)12-16(23)18-11-15-4-3-10-25-15/h3-8,10H,2,9,11-12H2,1H3,(H,18,23). The molecule has 1 N–H and O–H groups in total. The van der Waals surface area contributed by atoms with Crippen LogP contribution in [-0.4, -0.2) is 32.7 Å². The van der Waals surface area contributed by atoms with Crippen molar-refractivity contribution < 1.29 is 13.9 Å². The molecule has 0 radical (unpaired) electrons. The van der Waals surface area contributed by atoms with Crippen LogP contribution in [0, 0.1) is 0 Å². The Bertz CT molecular complexity index is 796. The Labute approximate surface area is 144 Å². The monoisotopic (exact) mass is 341 g/mol. The predicted octanol–water partition coefficient (Wildman–Crippen LogP) is 2.04. The topological polar surface area (TPSA) is 95.1 Å². The molecule has 0 saturated heterocycles. The smallest absolute Gasteiger partial charge is 0.244 e. The van der Waals surface area contributed by atoms with Gasteiger partial charge in [0.05, 0.1) is 19.4 Å². The lowest BCUT2D eigenvalue weighted by Crippen LogP contribution is -2.27. The summed E-state index contributed by atoms with van der Waals surface area (Å²) in [5, 5.41) is 14.9. The molecule has 2 aromatic heterocycles. The minimum absolute atomic E-state index is 0.00853. The molecule has 0 spiro atoms. The summed E-state index contributed by atoms with van der Waals surface area (Å²) in [6, 6.07) is 11.0. The minimum Gasteiger partial charge on any atom is -0.494 e. The van der Waals surface area contributed by atoms with E-state index in [-0.39, 0.29) is 12.5 Å². The maximum atomic E-state index is 11.9. The van der Waals surface area contributed by atoms with Crippen LogP contribution in [0.5, 0.6) is 5.75 Å². The minimum atomic E-state index is -0.219. The first-order valence-corrected chi connectivity index (χ1v) is 8.04. The fourth-order valence-electron chi connectivity index (χ4n) is 2.13. The zero-order valence-electron chi connectivity index (χ0n) is 13.9. The molecule has 25 heavy (non-hydrogen) atoms. The highest BCUT2D eigenvalue weighted by atomic mass is 16.5. The van der Waals surface area contributed by atoms with Crippen molar-refractivity contribution in [2.75, 3.05) is 6.61 Å². The second-order valence-electron chi connectivity index (χ2n) is 5.37. The first kappa shape index (κ1) is 16.7. The summed E-state index contributed by atoms with van der Waals surface area (Å²) < 4.78 is 10.7. The Morgan fingerprint density at radius 2 is 2.12 bits per heavy atom. The highest BCUT2D eigenvalue weighted by Gasteiger charge is 2.10. The third kappa shape index (κ3) is 4.66. The van der Waals surface area contributed by atoms with Gasteiger partial charge in [-0.15, -0.1) is 10.2 Å². The highest BCUT2D eigenvalue weighted by molar-refractivity contribution is 5.75. The number of carbonyl (C=O) groups is 1. The van der Waals surface area contributed by atoms with E-state index in [9.17, 15) is 4.79 Å². The number of aromatic nitrogens is 4. The van der Waals surface area contributed by atoms with Crippen LogP contribution < -0.4 is 10.1 Å². The number of tetrazole rings is 1. The maximum Gasteiger partial charge on any atom is 0.244 e. The van der Waals surface area contributed by atoms with Crippen LogP contribution in [-0.2, 0) is 17.9 Å². The molecule has 8 heteroatoms. The van der Waals surface area contributed by atoms with E-state index in [0.29, 0.717) is 24.7 Å². The number of carbonyl (C=O) groups excluding carboxylic acids is 1. The van der Waals surface area contributed by atoms with E-state index in [4.69, 9.17) is 9.15 Å². The van der Waals surface area contributed by atoms with Gasteiger partial charge in [0.2, 0.25) is 11.7 Å². The Kier molecular flexibility index (Phi) is 5.40. The van der Waals surface area contributed by atoms with Crippen LogP contribution >= 0.6 is 0 Å². The second-order valence-corrected chi connectivity index (χ2v) is 5.37. The summed E-state index contributed by atoms with van der Waals surface area (Å²) in [6.45, 7) is 3.06. The van der Waals surface area contributed by atoms with Crippen LogP contribution in [0.25, 0.3) is 11.4 Å². The average molecular weight is 341 g/mol. The third-order valence-corrected chi connectivity index (χ3v) is 3.36. The van der Waals surface area contributed by atoms with Crippen LogP contribution in [0.15, 0.2) is 47.1 Å². The quantitative estimate of drug-likeness (QED) is 0.674. The van der Waals surface area contributed by atoms with Crippen LogP contribution in [0.1, 0.15) is 19.1 Å². The summed E-state index contributed by atoms with van der Waals surface area (Å²) in [4.78, 5) is 13.2. The van der Waals surface area contributed by atoms with Gasteiger partial charge in [0.1, 0.15) is 18.1 Å². The number of nitrogens with zero attached hydrogens (tertiary/aromatic N) is 4. The van der Waals surface area contributed by atoms with E-state index in [0.717, 1.165) is 17.7 Å². The third-order valence-electron chi connectivity index (χ3n) is 3.36. The maximum absolute atomic E-state index is 11.9. The lowest BCUT2D eigenvalue weighted by atomic mass is 10.2. The summed E-state index contributed by atoms with van der Waals surface area (Å²) in [7, 11) is 0. The van der Waals surface area contributed by atoms with E-state index in [1.807, 2.05) is 24.3 Å². The summed E-state index contributed by atoms with van der Waals surface area (Å²) in [5.41, 5.74) is 0.811. The molecule has 2 heterocycles. The fourth-order valence-corrected chi connectivity index (χ4v) is 2.13. The van der Waals surface area contributed by atoms with Gasteiger partial charge in [-0.05, 0) is 48.0 Å². The van der Waals surface area contributed by atoms with Gasteiger partial charge in [-0.2, -0.15) is 4.80 Å². The second kappa shape index (κ2) is 8.09. The number of amides is 1. The Morgan fingerprint density at radius 1 is 1.28 bits per heavy atom. The number of benzene rings is 1. The molecular weight excluding hydrogens is 322 g/mol. The lowest BCUT2D eigenvalue weighted by Gasteiger charge is -2.04. The first-order valence-electron chi connectivity index (χ1n) is 8.04. The molecule has 0 unspecified atom stereocenters. The van der Waals surface area contributed by atoms with E-state index >= 15 is 0 Å². The normalized spacial score (nSPS) is 10.6. The van der Waals surface area contributed by atoms with Gasteiger partial charge in [0.15, 0.2) is 0 Å². The molecule has 0 aliphatic rings. The van der Waals surface area contributed by atoms with Crippen LogP contribution in [0.4, 0.5) is 0 Å². The van der Waals surface area contributed by atoms with Gasteiger partial charge in [0, 0.05) is 5.56 Å². The van der Waals surface area contributed by atoms with Gasteiger partial charge < -0.3 is 14.5 Å². The molecule has 0 saturated carbocycles. The SMILES string of the molecule is CCCOc1ccc(-c2nnn(CC(=O)NCc3ccco3)n2)cc1. The average Bonchev–Trinajstić information content (AvgIpc) is 3.30. The van der Waals surface area contributed by atoms with Crippen molar-refractivity contribution in [3.63, 3.8) is 0 Å². The highest BCUT2D eigenvalue weighted by Crippen LogP contribution is 2.18. The molecule has 0 atom stereocenters. The van der Waals surface area contributed by atoms with Gasteiger partial charge >= 0.3 is 0 Å². The Morgan fingerprint density at radius 3 is 2.84 bits per heavy atom. The van der Waals surface area contributed by atoms with Crippen molar-refractivity contribution in [3.8, 4) is 17.1 Å². The molecular formula is C17H19N5O3. The molecule has 0 bridgehead atoms. The van der Waals surface area contributed by atoms with E-state index in [1.165, 1.54) is 4.80 Å². The molecule has 130 valence electrons. The van der Waals surface area contributed by atoms with E-state index in [1.54, 1.807) is 18.4 Å². The van der Waals surface area contributed by atoms with Gasteiger partial charge in [-0.25, -0.2) is 0 Å². The lowest BCUT2D eigenvalue weighted by molar-refractivity contribution is -0.122. The summed E-state index contributed by atoms with van der Waals surface area (Å²) >= 11 is 0.